The van der Waals surface area contributed by atoms with Crippen molar-refractivity contribution in [2.75, 3.05) is 7.11 Å². The largest absolute Gasteiger partial charge is 0.452 e. The molecule has 4 heteroatoms. The van der Waals surface area contributed by atoms with Crippen LogP contribution in [-0.2, 0) is 9.53 Å². The third kappa shape index (κ3) is 3.22. The van der Waals surface area contributed by atoms with Crippen molar-refractivity contribution in [1.29, 1.82) is 0 Å². The summed E-state index contributed by atoms with van der Waals surface area (Å²) in [5.41, 5.74) is 0. The second-order valence-corrected chi connectivity index (χ2v) is 3.74. The Hall–Kier alpha value is -1.58. The van der Waals surface area contributed by atoms with Crippen LogP contribution in [0.25, 0.3) is 0 Å². The van der Waals surface area contributed by atoms with Gasteiger partial charge in [0.1, 0.15) is 0 Å². The van der Waals surface area contributed by atoms with E-state index in [4.69, 9.17) is 0 Å². The van der Waals surface area contributed by atoms with Crippen molar-refractivity contribution in [3.8, 4) is 0 Å². The highest BCUT2D eigenvalue weighted by atomic mass is 16.5. The average molecular weight is 223 g/mol. The lowest BCUT2D eigenvalue weighted by Gasteiger charge is -2.29. The van der Waals surface area contributed by atoms with Crippen LogP contribution in [0.1, 0.15) is 25.7 Å². The lowest BCUT2D eigenvalue weighted by molar-refractivity contribution is -0.116. The molecule has 0 aromatic heterocycles. The van der Waals surface area contributed by atoms with Crippen molar-refractivity contribution in [3.05, 3.63) is 24.9 Å². The molecule has 4 nitrogen and oxygen atoms in total. The van der Waals surface area contributed by atoms with Crippen LogP contribution in [0.3, 0.4) is 0 Å². The molecule has 0 bridgehead atoms. The van der Waals surface area contributed by atoms with Crippen LogP contribution >= 0.6 is 0 Å². The van der Waals surface area contributed by atoms with Gasteiger partial charge in [0.25, 0.3) is 0 Å². The standard InChI is InChI=1S/C12H17NO3/c1-3-4-5-6-10-9-11(14)7-8-13(10)12(15)16-2/h3,7-8,10H,1,4-6,9H2,2H3. The molecule has 0 saturated heterocycles. The summed E-state index contributed by atoms with van der Waals surface area (Å²) >= 11 is 0. The van der Waals surface area contributed by atoms with Crippen molar-refractivity contribution in [3.63, 3.8) is 0 Å². The van der Waals surface area contributed by atoms with E-state index < -0.39 is 6.09 Å². The molecular formula is C12H17NO3. The highest BCUT2D eigenvalue weighted by Crippen LogP contribution is 2.19. The summed E-state index contributed by atoms with van der Waals surface area (Å²) in [6.07, 6.45) is 7.33. The molecule has 1 aliphatic heterocycles. The number of methoxy groups -OCH3 is 1. The number of amides is 1. The maximum absolute atomic E-state index is 11.4. The third-order valence-electron chi connectivity index (χ3n) is 2.58. The molecule has 88 valence electrons. The Morgan fingerprint density at radius 3 is 3.12 bits per heavy atom. The van der Waals surface area contributed by atoms with Crippen LogP contribution < -0.4 is 0 Å². The number of allylic oxidation sites excluding steroid dienone is 2. The zero-order valence-corrected chi connectivity index (χ0v) is 9.52. The second kappa shape index (κ2) is 6.10. The minimum Gasteiger partial charge on any atom is -0.452 e. The summed E-state index contributed by atoms with van der Waals surface area (Å²) in [6.45, 7) is 3.64. The first-order valence-corrected chi connectivity index (χ1v) is 5.37. The Labute approximate surface area is 95.6 Å². The molecule has 1 amide bonds. The topological polar surface area (TPSA) is 46.6 Å². The summed E-state index contributed by atoms with van der Waals surface area (Å²) in [5.74, 6) is 0.0590. The van der Waals surface area contributed by atoms with Gasteiger partial charge in [0.15, 0.2) is 5.78 Å². The van der Waals surface area contributed by atoms with Gasteiger partial charge in [-0.3, -0.25) is 9.69 Å². The van der Waals surface area contributed by atoms with Crippen molar-refractivity contribution < 1.29 is 14.3 Å². The highest BCUT2D eigenvalue weighted by molar-refractivity contribution is 5.92. The molecule has 0 saturated carbocycles. The predicted molar refractivity (Wildman–Crippen MR) is 60.8 cm³/mol. The monoisotopic (exact) mass is 223 g/mol. The molecule has 1 aliphatic rings. The molecule has 1 atom stereocenters. The molecule has 0 radical (unpaired) electrons. The van der Waals surface area contributed by atoms with Gasteiger partial charge < -0.3 is 4.74 Å². The first-order valence-electron chi connectivity index (χ1n) is 5.37. The number of ketones is 1. The molecule has 1 heterocycles. The summed E-state index contributed by atoms with van der Waals surface area (Å²) in [7, 11) is 1.34. The average Bonchev–Trinajstić information content (AvgIpc) is 2.29. The molecule has 0 aromatic carbocycles. The SMILES string of the molecule is C=CCCCC1CC(=O)C=CN1C(=O)OC. The van der Waals surface area contributed by atoms with Crippen molar-refractivity contribution in [1.82, 2.24) is 4.90 Å². The van der Waals surface area contributed by atoms with E-state index in [9.17, 15) is 9.59 Å². The van der Waals surface area contributed by atoms with Crippen LogP contribution in [0.5, 0.6) is 0 Å². The Balaban J connectivity index is 2.62. The molecule has 0 fully saturated rings. The zero-order chi connectivity index (χ0) is 12.0. The van der Waals surface area contributed by atoms with Gasteiger partial charge in [-0.1, -0.05) is 6.08 Å². The van der Waals surface area contributed by atoms with Crippen molar-refractivity contribution in [2.24, 2.45) is 0 Å². The van der Waals surface area contributed by atoms with E-state index in [1.807, 2.05) is 6.08 Å². The Kier molecular flexibility index (Phi) is 4.76. The van der Waals surface area contributed by atoms with Gasteiger partial charge in [-0.15, -0.1) is 6.58 Å². The van der Waals surface area contributed by atoms with Crippen LogP contribution in [-0.4, -0.2) is 29.9 Å². The summed E-state index contributed by atoms with van der Waals surface area (Å²) < 4.78 is 4.67. The van der Waals surface area contributed by atoms with Crippen LogP contribution in [0.4, 0.5) is 4.79 Å². The number of carbonyl (C=O) groups is 2. The summed E-state index contributed by atoms with van der Waals surface area (Å²) in [6, 6.07) is -0.0788. The predicted octanol–water partition coefficient (Wildman–Crippen LogP) is 2.27. The van der Waals surface area contributed by atoms with Gasteiger partial charge in [-0.05, 0) is 25.3 Å². The van der Waals surface area contributed by atoms with E-state index >= 15 is 0 Å². The minimum atomic E-state index is -0.410. The van der Waals surface area contributed by atoms with E-state index in [2.05, 4.69) is 11.3 Å². The fourth-order valence-corrected chi connectivity index (χ4v) is 1.74. The Morgan fingerprint density at radius 2 is 2.50 bits per heavy atom. The highest BCUT2D eigenvalue weighted by Gasteiger charge is 2.27. The van der Waals surface area contributed by atoms with E-state index in [-0.39, 0.29) is 11.8 Å². The fourth-order valence-electron chi connectivity index (χ4n) is 1.74. The quantitative estimate of drug-likeness (QED) is 0.542. The summed E-state index contributed by atoms with van der Waals surface area (Å²) in [4.78, 5) is 24.2. The second-order valence-electron chi connectivity index (χ2n) is 3.74. The van der Waals surface area contributed by atoms with Gasteiger partial charge >= 0.3 is 6.09 Å². The first-order chi connectivity index (χ1) is 7.69. The molecule has 0 aliphatic carbocycles. The first kappa shape index (κ1) is 12.5. The molecule has 1 rings (SSSR count). The number of unbranched alkanes of at least 4 members (excludes halogenated alkanes) is 1. The van der Waals surface area contributed by atoms with Crippen LogP contribution in [0, 0.1) is 0 Å². The molecule has 0 aromatic rings. The molecule has 1 unspecified atom stereocenters. The fraction of sp³-hybridized carbons (Fsp3) is 0.500. The molecular weight excluding hydrogens is 206 g/mol. The van der Waals surface area contributed by atoms with Gasteiger partial charge in [0.2, 0.25) is 0 Å². The van der Waals surface area contributed by atoms with E-state index in [0.29, 0.717) is 6.42 Å². The lowest BCUT2D eigenvalue weighted by Crippen LogP contribution is -2.40. The minimum absolute atomic E-state index is 0.0590. The van der Waals surface area contributed by atoms with Gasteiger partial charge in [0, 0.05) is 18.7 Å². The van der Waals surface area contributed by atoms with Gasteiger partial charge in [-0.25, -0.2) is 4.79 Å². The number of hydrogen-bond acceptors (Lipinski definition) is 3. The van der Waals surface area contributed by atoms with E-state index in [0.717, 1.165) is 19.3 Å². The number of nitrogens with zero attached hydrogens (tertiary/aromatic N) is 1. The number of rotatable bonds is 4. The Bertz CT molecular complexity index is 309. The maximum Gasteiger partial charge on any atom is 0.413 e. The van der Waals surface area contributed by atoms with Crippen molar-refractivity contribution >= 4 is 11.9 Å². The smallest absolute Gasteiger partial charge is 0.413 e. The lowest BCUT2D eigenvalue weighted by atomic mass is 10.00. The zero-order valence-electron chi connectivity index (χ0n) is 9.52. The normalized spacial score (nSPS) is 19.7. The van der Waals surface area contributed by atoms with Gasteiger partial charge in [0.05, 0.1) is 7.11 Å². The molecule has 0 spiro atoms. The number of hydrogen-bond donors (Lipinski definition) is 0. The molecule has 16 heavy (non-hydrogen) atoms. The van der Waals surface area contributed by atoms with E-state index in [1.54, 1.807) is 0 Å². The number of ether oxygens (including phenoxy) is 1. The Morgan fingerprint density at radius 1 is 1.75 bits per heavy atom. The van der Waals surface area contributed by atoms with Gasteiger partial charge in [-0.2, -0.15) is 0 Å². The third-order valence-corrected chi connectivity index (χ3v) is 2.58. The maximum atomic E-state index is 11.4. The molecule has 0 N–H and O–H groups in total. The van der Waals surface area contributed by atoms with Crippen LogP contribution in [0.15, 0.2) is 24.9 Å². The summed E-state index contributed by atoms with van der Waals surface area (Å²) in [5, 5.41) is 0. The number of carbonyl (C=O) groups excluding carboxylic acids is 2. The van der Waals surface area contributed by atoms with E-state index in [1.165, 1.54) is 24.3 Å². The van der Waals surface area contributed by atoms with Crippen molar-refractivity contribution in [2.45, 2.75) is 31.7 Å². The van der Waals surface area contributed by atoms with Crippen LogP contribution in [0.2, 0.25) is 0 Å².